The first-order valence-corrected chi connectivity index (χ1v) is 11.3. The Bertz CT molecular complexity index is 1050. The molecule has 182 valence electrons. The van der Waals surface area contributed by atoms with Gasteiger partial charge >= 0.3 is 6.61 Å². The van der Waals surface area contributed by atoms with Crippen LogP contribution in [0.25, 0.3) is 0 Å². The fraction of sp³-hybridized carbons (Fsp3) is 0.348. The zero-order valence-corrected chi connectivity index (χ0v) is 19.7. The van der Waals surface area contributed by atoms with Gasteiger partial charge in [-0.1, -0.05) is 17.8 Å². The first-order valence-electron chi connectivity index (χ1n) is 10.4. The van der Waals surface area contributed by atoms with Crippen LogP contribution in [0.15, 0.2) is 47.5 Å². The number of aliphatic imine (C=N–C) groups is 1. The number of rotatable bonds is 10. The molecule has 2 amide bonds. The molecule has 2 aromatic carbocycles. The highest BCUT2D eigenvalue weighted by Gasteiger charge is 2.38. The van der Waals surface area contributed by atoms with E-state index in [1.165, 1.54) is 43.1 Å². The highest BCUT2D eigenvalue weighted by atomic mass is 32.2. The summed E-state index contributed by atoms with van der Waals surface area (Å²) >= 11 is 1.20. The molecule has 1 atom stereocenters. The quantitative estimate of drug-likeness (QED) is 0.544. The molecule has 8 nitrogen and oxygen atoms in total. The van der Waals surface area contributed by atoms with Crippen LogP contribution in [0, 0.1) is 0 Å². The van der Waals surface area contributed by atoms with E-state index < -0.39 is 11.9 Å². The van der Waals surface area contributed by atoms with Crippen LogP contribution in [0.1, 0.15) is 12.0 Å². The molecule has 1 N–H and O–H groups in total. The number of carbonyl (C=O) groups is 2. The maximum absolute atomic E-state index is 13.1. The first kappa shape index (κ1) is 25.3. The Hall–Kier alpha value is -3.34. The van der Waals surface area contributed by atoms with E-state index in [1.807, 2.05) is 12.1 Å². The number of thioether (sulfide) groups is 1. The van der Waals surface area contributed by atoms with Gasteiger partial charge in [0.15, 0.2) is 16.7 Å². The van der Waals surface area contributed by atoms with Crippen molar-refractivity contribution < 1.29 is 32.6 Å². The van der Waals surface area contributed by atoms with E-state index in [0.29, 0.717) is 35.3 Å². The smallest absolute Gasteiger partial charge is 0.387 e. The van der Waals surface area contributed by atoms with E-state index in [1.54, 1.807) is 25.2 Å². The van der Waals surface area contributed by atoms with Gasteiger partial charge in [-0.3, -0.25) is 14.5 Å². The highest BCUT2D eigenvalue weighted by Crippen LogP contribution is 2.33. The molecule has 2 aromatic rings. The maximum Gasteiger partial charge on any atom is 0.387 e. The molecule has 0 saturated carbocycles. The number of nitrogens with zero attached hydrogens (tertiary/aromatic N) is 2. The van der Waals surface area contributed by atoms with Crippen LogP contribution in [0.5, 0.6) is 17.2 Å². The van der Waals surface area contributed by atoms with Gasteiger partial charge in [0, 0.05) is 20.0 Å². The van der Waals surface area contributed by atoms with Gasteiger partial charge in [-0.25, -0.2) is 4.99 Å². The zero-order chi connectivity index (χ0) is 24.7. The normalized spacial score (nSPS) is 16.8. The molecule has 1 saturated heterocycles. The SMILES string of the molecule is CNC(=O)CC1SC(=Nc2ccc(OC(F)F)cc2)N(CCc2ccc(OC)c(OC)c2)C1=O. The van der Waals surface area contributed by atoms with Crippen molar-refractivity contribution in [3.8, 4) is 17.2 Å². The number of ether oxygens (including phenoxy) is 3. The predicted molar refractivity (Wildman–Crippen MR) is 125 cm³/mol. The van der Waals surface area contributed by atoms with E-state index in [4.69, 9.17) is 9.47 Å². The monoisotopic (exact) mass is 493 g/mol. The van der Waals surface area contributed by atoms with Crippen molar-refractivity contribution in [1.82, 2.24) is 10.2 Å². The van der Waals surface area contributed by atoms with Crippen LogP contribution in [0.4, 0.5) is 14.5 Å². The predicted octanol–water partition coefficient (Wildman–Crippen LogP) is 3.62. The molecular weight excluding hydrogens is 468 g/mol. The van der Waals surface area contributed by atoms with E-state index >= 15 is 0 Å². The Kier molecular flexibility index (Phi) is 8.69. The van der Waals surface area contributed by atoms with Crippen LogP contribution < -0.4 is 19.5 Å². The number of hydrogen-bond donors (Lipinski definition) is 1. The Morgan fingerprint density at radius 2 is 1.85 bits per heavy atom. The third kappa shape index (κ3) is 6.37. The number of halogens is 2. The van der Waals surface area contributed by atoms with Gasteiger partial charge in [-0.15, -0.1) is 0 Å². The standard InChI is InChI=1S/C23H25F2N3O5S/c1-26-20(29)13-19-21(30)28(11-10-14-4-9-17(31-2)18(12-14)32-3)23(34-19)27-15-5-7-16(8-6-15)33-22(24)25/h4-9,12,19,22H,10-11,13H2,1-3H3,(H,26,29). The van der Waals surface area contributed by atoms with Crippen molar-refractivity contribution >= 4 is 34.4 Å². The lowest BCUT2D eigenvalue weighted by Crippen LogP contribution is -2.35. The van der Waals surface area contributed by atoms with Gasteiger partial charge in [0.25, 0.3) is 0 Å². The lowest BCUT2D eigenvalue weighted by atomic mass is 10.1. The summed E-state index contributed by atoms with van der Waals surface area (Å²) in [7, 11) is 4.62. The summed E-state index contributed by atoms with van der Waals surface area (Å²) in [6.45, 7) is -2.59. The van der Waals surface area contributed by atoms with E-state index in [0.717, 1.165) is 5.56 Å². The molecule has 34 heavy (non-hydrogen) atoms. The zero-order valence-electron chi connectivity index (χ0n) is 18.9. The number of hydrogen-bond acceptors (Lipinski definition) is 7. The summed E-state index contributed by atoms with van der Waals surface area (Å²) in [6.07, 6.45) is 0.534. The largest absolute Gasteiger partial charge is 0.493 e. The van der Waals surface area contributed by atoms with Gasteiger partial charge in [-0.2, -0.15) is 8.78 Å². The topological polar surface area (TPSA) is 89.5 Å². The molecule has 0 aliphatic carbocycles. The number of amides is 2. The summed E-state index contributed by atoms with van der Waals surface area (Å²) in [5.41, 5.74) is 1.40. The highest BCUT2D eigenvalue weighted by molar-refractivity contribution is 8.15. The number of alkyl halides is 2. The number of amidine groups is 1. The molecule has 1 heterocycles. The van der Waals surface area contributed by atoms with Crippen LogP contribution in [-0.2, 0) is 16.0 Å². The van der Waals surface area contributed by atoms with Gasteiger partial charge < -0.3 is 19.5 Å². The fourth-order valence-corrected chi connectivity index (χ4v) is 4.47. The second kappa shape index (κ2) is 11.7. The molecule has 0 radical (unpaired) electrons. The minimum Gasteiger partial charge on any atom is -0.493 e. The van der Waals surface area contributed by atoms with Crippen LogP contribution >= 0.6 is 11.8 Å². The van der Waals surface area contributed by atoms with Gasteiger partial charge in [0.05, 0.1) is 19.9 Å². The third-order valence-electron chi connectivity index (χ3n) is 5.03. The number of methoxy groups -OCH3 is 2. The van der Waals surface area contributed by atoms with Crippen molar-refractivity contribution in [2.45, 2.75) is 24.7 Å². The van der Waals surface area contributed by atoms with Crippen LogP contribution in [0.2, 0.25) is 0 Å². The molecule has 0 bridgehead atoms. The molecule has 11 heteroatoms. The molecule has 1 unspecified atom stereocenters. The molecule has 0 aromatic heterocycles. The lowest BCUT2D eigenvalue weighted by Gasteiger charge is -2.17. The summed E-state index contributed by atoms with van der Waals surface area (Å²) < 4.78 is 39.7. The Morgan fingerprint density at radius 3 is 2.47 bits per heavy atom. The summed E-state index contributed by atoms with van der Waals surface area (Å²) in [5, 5.41) is 2.36. The van der Waals surface area contributed by atoms with Crippen molar-refractivity contribution in [2.75, 3.05) is 27.8 Å². The van der Waals surface area contributed by atoms with E-state index in [9.17, 15) is 18.4 Å². The number of carbonyl (C=O) groups excluding carboxylic acids is 2. The van der Waals surface area contributed by atoms with Crippen LogP contribution in [0.3, 0.4) is 0 Å². The lowest BCUT2D eigenvalue weighted by molar-refractivity contribution is -0.129. The number of benzene rings is 2. The Balaban J connectivity index is 1.81. The maximum atomic E-state index is 13.1. The Labute approximate surface area is 200 Å². The van der Waals surface area contributed by atoms with E-state index in [2.05, 4.69) is 15.0 Å². The number of nitrogens with one attached hydrogen (secondary N) is 1. The molecular formula is C23H25F2N3O5S. The van der Waals surface area contributed by atoms with Crippen molar-refractivity contribution in [3.63, 3.8) is 0 Å². The minimum absolute atomic E-state index is 0.0110. The van der Waals surface area contributed by atoms with Crippen molar-refractivity contribution in [1.29, 1.82) is 0 Å². The Morgan fingerprint density at radius 1 is 1.15 bits per heavy atom. The fourth-order valence-electron chi connectivity index (χ4n) is 3.29. The van der Waals surface area contributed by atoms with Gasteiger partial charge in [0.2, 0.25) is 11.8 Å². The van der Waals surface area contributed by atoms with Crippen molar-refractivity contribution in [2.24, 2.45) is 4.99 Å². The molecule has 3 rings (SSSR count). The van der Waals surface area contributed by atoms with Gasteiger partial charge in [0.1, 0.15) is 11.0 Å². The van der Waals surface area contributed by atoms with E-state index in [-0.39, 0.29) is 24.0 Å². The summed E-state index contributed by atoms with van der Waals surface area (Å²) in [6, 6.07) is 11.3. The van der Waals surface area contributed by atoms with Crippen LogP contribution in [-0.4, -0.2) is 61.6 Å². The minimum atomic E-state index is -2.92. The summed E-state index contributed by atoms with van der Waals surface area (Å²) in [4.78, 5) is 31.0. The molecule has 1 aliphatic rings. The average molecular weight is 494 g/mol. The third-order valence-corrected chi connectivity index (χ3v) is 6.20. The second-order valence-electron chi connectivity index (χ2n) is 7.18. The first-order chi connectivity index (χ1) is 16.3. The second-order valence-corrected chi connectivity index (χ2v) is 8.35. The van der Waals surface area contributed by atoms with Gasteiger partial charge in [-0.05, 0) is 48.4 Å². The molecule has 1 fully saturated rings. The average Bonchev–Trinajstić information content (AvgIpc) is 3.11. The molecule has 0 spiro atoms. The van der Waals surface area contributed by atoms with Crippen molar-refractivity contribution in [3.05, 3.63) is 48.0 Å². The summed E-state index contributed by atoms with van der Waals surface area (Å²) in [5.74, 6) is 0.730. The molecule has 1 aliphatic heterocycles.